The van der Waals surface area contributed by atoms with Crippen molar-refractivity contribution < 1.29 is 0 Å². The van der Waals surface area contributed by atoms with Gasteiger partial charge in [0.15, 0.2) is 0 Å². The van der Waals surface area contributed by atoms with E-state index in [4.69, 9.17) is 5.73 Å². The van der Waals surface area contributed by atoms with E-state index in [9.17, 15) is 0 Å². The van der Waals surface area contributed by atoms with E-state index in [1.165, 1.54) is 24.8 Å². The van der Waals surface area contributed by atoms with Crippen LogP contribution < -0.4 is 5.73 Å². The summed E-state index contributed by atoms with van der Waals surface area (Å²) in [6.07, 6.45) is 6.94. The molecule has 0 spiro atoms. The number of hydrogen-bond acceptors (Lipinski definition) is 3. The van der Waals surface area contributed by atoms with E-state index in [0.29, 0.717) is 12.0 Å². The Morgan fingerprint density at radius 2 is 2.43 bits per heavy atom. The Morgan fingerprint density at radius 1 is 1.57 bits per heavy atom. The molecule has 2 rings (SSSR count). The summed E-state index contributed by atoms with van der Waals surface area (Å²) in [6, 6.07) is 0.405. The van der Waals surface area contributed by atoms with Gasteiger partial charge in [-0.05, 0) is 48.2 Å². The zero-order chi connectivity index (χ0) is 9.97. The van der Waals surface area contributed by atoms with Crippen LogP contribution in [0.15, 0.2) is 11.6 Å². The van der Waals surface area contributed by atoms with Gasteiger partial charge < -0.3 is 5.73 Å². The van der Waals surface area contributed by atoms with Gasteiger partial charge in [0, 0.05) is 17.6 Å². The van der Waals surface area contributed by atoms with Gasteiger partial charge in [-0.2, -0.15) is 0 Å². The predicted molar refractivity (Wildman–Crippen MR) is 60.5 cm³/mol. The van der Waals surface area contributed by atoms with E-state index in [1.807, 2.05) is 6.20 Å². The molecule has 0 aliphatic heterocycles. The van der Waals surface area contributed by atoms with E-state index in [-0.39, 0.29) is 0 Å². The van der Waals surface area contributed by atoms with Gasteiger partial charge in [-0.1, -0.05) is 13.3 Å². The normalized spacial score (nSPS) is 33.1. The van der Waals surface area contributed by atoms with Crippen molar-refractivity contribution in [2.24, 2.45) is 11.7 Å². The highest BCUT2D eigenvalue weighted by atomic mass is 32.1. The molecule has 0 bridgehead atoms. The van der Waals surface area contributed by atoms with E-state index in [1.54, 1.807) is 11.5 Å². The van der Waals surface area contributed by atoms with Crippen molar-refractivity contribution >= 4 is 11.5 Å². The Bertz CT molecular complexity index is 271. The molecule has 3 heteroatoms. The molecule has 0 amide bonds. The fraction of sp³-hybridized carbons (Fsp3) is 0.727. The fourth-order valence-electron chi connectivity index (χ4n) is 2.56. The van der Waals surface area contributed by atoms with Gasteiger partial charge in [0.2, 0.25) is 0 Å². The number of hydrogen-bond donors (Lipinski definition) is 1. The molecule has 1 saturated carbocycles. The Labute approximate surface area is 89.7 Å². The second-order valence-corrected chi connectivity index (χ2v) is 4.96. The van der Waals surface area contributed by atoms with E-state index < -0.39 is 0 Å². The van der Waals surface area contributed by atoms with Crippen LogP contribution in [0.4, 0.5) is 0 Å². The molecule has 0 saturated heterocycles. The molecule has 3 unspecified atom stereocenters. The topological polar surface area (TPSA) is 38.9 Å². The molecule has 3 atom stereocenters. The molecular weight excluding hydrogens is 192 g/mol. The summed E-state index contributed by atoms with van der Waals surface area (Å²) in [5, 5.41) is 2.19. The van der Waals surface area contributed by atoms with Crippen LogP contribution in [0.25, 0.3) is 0 Å². The number of aromatic nitrogens is 1. The van der Waals surface area contributed by atoms with Crippen molar-refractivity contribution in [2.75, 3.05) is 0 Å². The summed E-state index contributed by atoms with van der Waals surface area (Å²) in [5.41, 5.74) is 7.45. The monoisotopic (exact) mass is 210 g/mol. The maximum atomic E-state index is 6.03. The molecule has 1 aliphatic rings. The second-order valence-electron chi connectivity index (χ2n) is 4.31. The highest BCUT2D eigenvalue weighted by Crippen LogP contribution is 2.39. The Morgan fingerprint density at radius 3 is 3.07 bits per heavy atom. The van der Waals surface area contributed by atoms with Crippen LogP contribution in [0.1, 0.15) is 44.1 Å². The highest BCUT2D eigenvalue weighted by molar-refractivity contribution is 7.03. The molecule has 1 fully saturated rings. The van der Waals surface area contributed by atoms with Gasteiger partial charge in [0.1, 0.15) is 0 Å². The van der Waals surface area contributed by atoms with Crippen LogP contribution in [0, 0.1) is 5.92 Å². The second kappa shape index (κ2) is 4.41. The maximum Gasteiger partial charge on any atom is 0.0441 e. The SMILES string of the molecule is CCC1CCC(N)CC1c1cnsc1. The summed E-state index contributed by atoms with van der Waals surface area (Å²) in [7, 11) is 0. The van der Waals surface area contributed by atoms with Gasteiger partial charge in [-0.15, -0.1) is 0 Å². The zero-order valence-corrected chi connectivity index (χ0v) is 9.46. The molecule has 14 heavy (non-hydrogen) atoms. The molecule has 2 N–H and O–H groups in total. The standard InChI is InChI=1S/C11H18N2S/c1-2-8-3-4-10(12)5-11(8)9-6-13-14-7-9/h6-8,10-11H,2-5,12H2,1H3. The van der Waals surface area contributed by atoms with E-state index in [2.05, 4.69) is 16.7 Å². The zero-order valence-electron chi connectivity index (χ0n) is 8.65. The Balaban J connectivity index is 2.13. The molecule has 0 aromatic carbocycles. The van der Waals surface area contributed by atoms with Crippen molar-refractivity contribution in [1.29, 1.82) is 0 Å². The van der Waals surface area contributed by atoms with Crippen LogP contribution in [-0.4, -0.2) is 10.4 Å². The van der Waals surface area contributed by atoms with Crippen molar-refractivity contribution in [2.45, 2.75) is 44.6 Å². The van der Waals surface area contributed by atoms with E-state index >= 15 is 0 Å². The third-order valence-corrected chi connectivity index (χ3v) is 4.04. The van der Waals surface area contributed by atoms with Gasteiger partial charge in [-0.25, -0.2) is 4.37 Å². The fourth-order valence-corrected chi connectivity index (χ4v) is 3.16. The highest BCUT2D eigenvalue weighted by Gasteiger charge is 2.29. The van der Waals surface area contributed by atoms with E-state index in [0.717, 1.165) is 12.3 Å². The van der Waals surface area contributed by atoms with Crippen LogP contribution in [0.5, 0.6) is 0 Å². The van der Waals surface area contributed by atoms with Crippen molar-refractivity contribution in [3.63, 3.8) is 0 Å². The van der Waals surface area contributed by atoms with Crippen LogP contribution in [-0.2, 0) is 0 Å². The lowest BCUT2D eigenvalue weighted by atomic mass is 9.73. The van der Waals surface area contributed by atoms with Gasteiger partial charge in [-0.3, -0.25) is 0 Å². The molecule has 1 aromatic rings. The first-order chi connectivity index (χ1) is 6.81. The first-order valence-corrected chi connectivity index (χ1v) is 6.29. The van der Waals surface area contributed by atoms with Crippen molar-refractivity contribution in [3.05, 3.63) is 17.1 Å². The predicted octanol–water partition coefficient (Wildman–Crippen LogP) is 2.76. The minimum atomic E-state index is 0.405. The lowest BCUT2D eigenvalue weighted by molar-refractivity contribution is 0.274. The Hall–Kier alpha value is -0.410. The maximum absolute atomic E-state index is 6.03. The van der Waals surface area contributed by atoms with Crippen molar-refractivity contribution in [3.8, 4) is 0 Å². The molecule has 1 heterocycles. The molecule has 1 aliphatic carbocycles. The molecule has 2 nitrogen and oxygen atoms in total. The summed E-state index contributed by atoms with van der Waals surface area (Å²) in [5.74, 6) is 1.49. The third-order valence-electron chi connectivity index (χ3n) is 3.44. The van der Waals surface area contributed by atoms with Gasteiger partial charge >= 0.3 is 0 Å². The lowest BCUT2D eigenvalue weighted by Gasteiger charge is -2.33. The number of nitrogens with zero attached hydrogens (tertiary/aromatic N) is 1. The van der Waals surface area contributed by atoms with Gasteiger partial charge in [0.25, 0.3) is 0 Å². The quantitative estimate of drug-likeness (QED) is 0.815. The largest absolute Gasteiger partial charge is 0.328 e. The number of rotatable bonds is 2. The van der Waals surface area contributed by atoms with Crippen LogP contribution >= 0.6 is 11.5 Å². The van der Waals surface area contributed by atoms with Crippen LogP contribution in [0.3, 0.4) is 0 Å². The molecule has 1 aromatic heterocycles. The summed E-state index contributed by atoms with van der Waals surface area (Å²) >= 11 is 1.56. The third kappa shape index (κ3) is 1.98. The van der Waals surface area contributed by atoms with Crippen LogP contribution in [0.2, 0.25) is 0 Å². The summed E-state index contributed by atoms with van der Waals surface area (Å²) in [4.78, 5) is 0. The average molecular weight is 210 g/mol. The van der Waals surface area contributed by atoms with Crippen molar-refractivity contribution in [1.82, 2.24) is 4.37 Å². The Kier molecular flexibility index (Phi) is 3.19. The summed E-state index contributed by atoms with van der Waals surface area (Å²) < 4.78 is 4.19. The molecular formula is C11H18N2S. The minimum Gasteiger partial charge on any atom is -0.328 e. The molecule has 0 radical (unpaired) electrons. The van der Waals surface area contributed by atoms with Gasteiger partial charge in [0.05, 0.1) is 0 Å². The lowest BCUT2D eigenvalue weighted by Crippen LogP contribution is -2.31. The first-order valence-electron chi connectivity index (χ1n) is 5.46. The smallest absolute Gasteiger partial charge is 0.0441 e. The molecule has 78 valence electrons. The minimum absolute atomic E-state index is 0.405. The average Bonchev–Trinajstić information content (AvgIpc) is 2.70. The first kappa shape index (κ1) is 10.1. The number of nitrogens with two attached hydrogens (primary N) is 1. The summed E-state index contributed by atoms with van der Waals surface area (Å²) in [6.45, 7) is 2.29.